The highest BCUT2D eigenvalue weighted by molar-refractivity contribution is 6.01. The van der Waals surface area contributed by atoms with E-state index in [2.05, 4.69) is 16.9 Å². The van der Waals surface area contributed by atoms with Gasteiger partial charge < -0.3 is 14.8 Å². The minimum absolute atomic E-state index is 0.0101. The topological polar surface area (TPSA) is 86.4 Å². The van der Waals surface area contributed by atoms with E-state index in [1.165, 1.54) is 0 Å². The van der Waals surface area contributed by atoms with Crippen LogP contribution in [0.4, 0.5) is 0 Å². The molecule has 2 aliphatic rings. The molecule has 0 saturated carbocycles. The number of carbonyl (C=O) groups is 3. The Kier molecular flexibility index (Phi) is 6.18. The minimum Gasteiger partial charge on any atom is -0.352 e. The fourth-order valence-corrected chi connectivity index (χ4v) is 5.58. The van der Waals surface area contributed by atoms with Gasteiger partial charge >= 0.3 is 0 Å². The summed E-state index contributed by atoms with van der Waals surface area (Å²) in [4.78, 5) is 51.5. The highest BCUT2D eigenvalue weighted by Crippen LogP contribution is 2.38. The van der Waals surface area contributed by atoms with Crippen molar-refractivity contribution in [2.45, 2.75) is 59.0 Å². The summed E-state index contributed by atoms with van der Waals surface area (Å²) in [5, 5.41) is 0.986. The lowest BCUT2D eigenvalue weighted by Gasteiger charge is -2.39. The number of nitrogens with zero attached hydrogens (tertiary/aromatic N) is 3. The number of aryl methyl sites for hydroxylation is 1. The summed E-state index contributed by atoms with van der Waals surface area (Å²) in [7, 11) is 0. The van der Waals surface area contributed by atoms with Crippen molar-refractivity contribution in [3.63, 3.8) is 0 Å². The number of Topliss-reactive ketones (excluding diaryl/α,β-unsaturated/α-hetero) is 1. The molecule has 3 atom stereocenters. The third kappa shape index (κ3) is 4.43. The molecule has 1 N–H and O–H groups in total. The van der Waals surface area contributed by atoms with E-state index in [-0.39, 0.29) is 41.5 Å². The highest BCUT2D eigenvalue weighted by atomic mass is 16.2. The van der Waals surface area contributed by atoms with Gasteiger partial charge in [0.05, 0.1) is 23.7 Å². The number of rotatable bonds is 6. The van der Waals surface area contributed by atoms with Crippen LogP contribution < -0.4 is 0 Å². The Morgan fingerprint density at radius 2 is 1.78 bits per heavy atom. The maximum absolute atomic E-state index is 13.8. The Morgan fingerprint density at radius 3 is 2.39 bits per heavy atom. The van der Waals surface area contributed by atoms with Gasteiger partial charge in [-0.15, -0.1) is 0 Å². The number of benzene rings is 1. The first kappa shape index (κ1) is 24.2. The number of nitrogens with one attached hydrogen (secondary N) is 1. The summed E-state index contributed by atoms with van der Waals surface area (Å²) >= 11 is 0. The van der Waals surface area contributed by atoms with E-state index in [0.717, 1.165) is 29.3 Å². The van der Waals surface area contributed by atoms with E-state index in [1.807, 2.05) is 67.0 Å². The number of ketones is 1. The van der Waals surface area contributed by atoms with Crippen LogP contribution in [0, 0.1) is 11.3 Å². The molecule has 2 amide bonds. The molecule has 2 bridgehead atoms. The molecule has 0 radical (unpaired) electrons. The summed E-state index contributed by atoms with van der Waals surface area (Å²) in [6.07, 6.45) is 3.57. The number of pyridine rings is 1. The zero-order chi connectivity index (χ0) is 25.6. The van der Waals surface area contributed by atoms with Gasteiger partial charge in [0.1, 0.15) is 5.69 Å². The number of likely N-dealkylation sites (tertiary alicyclic amines) is 2. The number of amides is 2. The monoisotopic (exact) mass is 486 g/mol. The summed E-state index contributed by atoms with van der Waals surface area (Å²) < 4.78 is 0. The van der Waals surface area contributed by atoms with Crippen LogP contribution in [0.5, 0.6) is 0 Å². The maximum atomic E-state index is 13.8. The van der Waals surface area contributed by atoms with Gasteiger partial charge in [-0.05, 0) is 42.0 Å². The van der Waals surface area contributed by atoms with Crippen molar-refractivity contribution < 1.29 is 14.4 Å². The Morgan fingerprint density at radius 1 is 1.06 bits per heavy atom. The average Bonchev–Trinajstić information content (AvgIpc) is 3.59. The second kappa shape index (κ2) is 9.19. The predicted molar refractivity (Wildman–Crippen MR) is 139 cm³/mol. The molecule has 2 saturated heterocycles. The molecule has 188 valence electrons. The molecule has 7 heteroatoms. The van der Waals surface area contributed by atoms with E-state index in [9.17, 15) is 14.4 Å². The van der Waals surface area contributed by atoms with Crippen LogP contribution in [0.3, 0.4) is 0 Å². The van der Waals surface area contributed by atoms with Crippen molar-refractivity contribution >= 4 is 28.5 Å². The molecule has 0 spiro atoms. The van der Waals surface area contributed by atoms with E-state index >= 15 is 0 Å². The van der Waals surface area contributed by atoms with Gasteiger partial charge in [0.25, 0.3) is 5.91 Å². The number of para-hydroxylation sites is 1. The number of carbonyl (C=O) groups excluding carboxylic acids is 3. The minimum atomic E-state index is -0.442. The van der Waals surface area contributed by atoms with Crippen LogP contribution in [-0.4, -0.2) is 62.5 Å². The zero-order valence-electron chi connectivity index (χ0n) is 21.5. The summed E-state index contributed by atoms with van der Waals surface area (Å²) in [6.45, 7) is 9.13. The van der Waals surface area contributed by atoms with E-state index < -0.39 is 5.92 Å². The Hall–Kier alpha value is -3.48. The standard InChI is InChI=1S/C29H34N4O3/c1-5-18-10-11-24(30-15-18)28(36)33-17-20-13-21(33)16-32(20)27(35)22(29(2,3)4)14-26(34)25-12-19-8-6-7-9-23(19)31-25/h6-12,15,20-22,31H,5,13-14,16-17H2,1-4H3/t20-,21-,22+/m0/s1. The van der Waals surface area contributed by atoms with Crippen LogP contribution in [0.15, 0.2) is 48.7 Å². The summed E-state index contributed by atoms with van der Waals surface area (Å²) in [5.41, 5.74) is 2.64. The zero-order valence-corrected chi connectivity index (χ0v) is 21.5. The first-order valence-corrected chi connectivity index (χ1v) is 12.8. The van der Waals surface area contributed by atoms with Crippen molar-refractivity contribution in [3.05, 3.63) is 65.6 Å². The Bertz CT molecular complexity index is 1270. The van der Waals surface area contributed by atoms with Crippen LogP contribution in [-0.2, 0) is 11.2 Å². The molecule has 2 aromatic heterocycles. The first-order valence-electron chi connectivity index (χ1n) is 12.8. The summed E-state index contributed by atoms with van der Waals surface area (Å²) in [5.74, 6) is -0.555. The quantitative estimate of drug-likeness (QED) is 0.521. The van der Waals surface area contributed by atoms with Crippen LogP contribution in [0.25, 0.3) is 10.9 Å². The first-order chi connectivity index (χ1) is 17.2. The number of aromatic amines is 1. The van der Waals surface area contributed by atoms with Gasteiger partial charge in [0, 0.05) is 36.6 Å². The molecule has 7 nitrogen and oxygen atoms in total. The van der Waals surface area contributed by atoms with E-state index in [1.54, 1.807) is 12.3 Å². The largest absolute Gasteiger partial charge is 0.352 e. The van der Waals surface area contributed by atoms with Crippen LogP contribution >= 0.6 is 0 Å². The lowest BCUT2D eigenvalue weighted by molar-refractivity contribution is -0.141. The molecule has 3 aromatic rings. The molecule has 2 aliphatic heterocycles. The molecular weight excluding hydrogens is 452 g/mol. The van der Waals surface area contributed by atoms with Crippen molar-refractivity contribution in [1.82, 2.24) is 19.8 Å². The van der Waals surface area contributed by atoms with Gasteiger partial charge in [0.15, 0.2) is 5.78 Å². The molecule has 0 aliphatic carbocycles. The third-order valence-electron chi connectivity index (χ3n) is 7.80. The number of hydrogen-bond donors (Lipinski definition) is 1. The fourth-order valence-electron chi connectivity index (χ4n) is 5.58. The van der Waals surface area contributed by atoms with Crippen molar-refractivity contribution in [2.24, 2.45) is 11.3 Å². The number of H-pyrrole nitrogens is 1. The van der Waals surface area contributed by atoms with Gasteiger partial charge in [0.2, 0.25) is 5.91 Å². The van der Waals surface area contributed by atoms with Crippen LogP contribution in [0.2, 0.25) is 0 Å². The number of hydrogen-bond acceptors (Lipinski definition) is 4. The van der Waals surface area contributed by atoms with Crippen LogP contribution in [0.1, 0.15) is 67.1 Å². The van der Waals surface area contributed by atoms with Gasteiger partial charge in [-0.3, -0.25) is 19.4 Å². The smallest absolute Gasteiger partial charge is 0.272 e. The third-order valence-corrected chi connectivity index (χ3v) is 7.80. The highest BCUT2D eigenvalue weighted by Gasteiger charge is 2.49. The SMILES string of the molecule is CCc1ccc(C(=O)N2C[C@@H]3C[C@H]2CN3C(=O)[C@@H](CC(=O)c2cc3ccccc3[nH]2)C(C)(C)C)nc1. The summed E-state index contributed by atoms with van der Waals surface area (Å²) in [6, 6.07) is 13.4. The van der Waals surface area contributed by atoms with E-state index in [4.69, 9.17) is 0 Å². The van der Waals surface area contributed by atoms with E-state index in [0.29, 0.717) is 24.5 Å². The molecule has 1 aromatic carbocycles. The molecule has 0 unspecified atom stereocenters. The number of aromatic nitrogens is 2. The molecule has 36 heavy (non-hydrogen) atoms. The van der Waals surface area contributed by atoms with Crippen molar-refractivity contribution in [1.29, 1.82) is 0 Å². The predicted octanol–water partition coefficient (Wildman–Crippen LogP) is 4.49. The second-order valence-corrected chi connectivity index (χ2v) is 11.2. The maximum Gasteiger partial charge on any atom is 0.272 e. The Labute approximate surface area is 211 Å². The molecule has 4 heterocycles. The van der Waals surface area contributed by atoms with Crippen molar-refractivity contribution in [3.8, 4) is 0 Å². The van der Waals surface area contributed by atoms with Gasteiger partial charge in [-0.25, -0.2) is 0 Å². The van der Waals surface area contributed by atoms with Crippen molar-refractivity contribution in [2.75, 3.05) is 13.1 Å². The fraction of sp³-hybridized carbons (Fsp3) is 0.448. The normalized spacial score (nSPS) is 20.2. The second-order valence-electron chi connectivity index (χ2n) is 11.2. The number of piperazine rings is 1. The number of fused-ring (bicyclic) bond motifs is 3. The van der Waals surface area contributed by atoms with Gasteiger partial charge in [-0.1, -0.05) is 52.0 Å². The average molecular weight is 487 g/mol. The molecule has 2 fully saturated rings. The lowest BCUT2D eigenvalue weighted by Crippen LogP contribution is -2.53. The Balaban J connectivity index is 1.28. The molecular formula is C29H34N4O3. The lowest BCUT2D eigenvalue weighted by atomic mass is 9.76. The molecule has 5 rings (SSSR count). The van der Waals surface area contributed by atoms with Gasteiger partial charge in [-0.2, -0.15) is 0 Å².